The minimum absolute atomic E-state index is 0.400. The van der Waals surface area contributed by atoms with Crippen molar-refractivity contribution < 1.29 is 0 Å². The molecule has 0 fully saturated rings. The van der Waals surface area contributed by atoms with Gasteiger partial charge in [-0.15, -0.1) is 0 Å². The van der Waals surface area contributed by atoms with Crippen molar-refractivity contribution in [3.8, 4) is 0 Å². The summed E-state index contributed by atoms with van der Waals surface area (Å²) < 4.78 is 2.08. The SMILES string of the molecule is Cc1cc(Cl)cc(Sc2nc3c(N)ncnc3n2CCCBr)c1. The van der Waals surface area contributed by atoms with E-state index in [-0.39, 0.29) is 0 Å². The highest BCUT2D eigenvalue weighted by Gasteiger charge is 2.15. The van der Waals surface area contributed by atoms with Crippen molar-refractivity contribution in [2.24, 2.45) is 0 Å². The van der Waals surface area contributed by atoms with E-state index < -0.39 is 0 Å². The highest BCUT2D eigenvalue weighted by molar-refractivity contribution is 9.09. The standard InChI is InChI=1S/C15H15BrClN5S/c1-9-5-10(17)7-11(6-9)23-15-21-12-13(18)19-8-20-14(12)22(15)4-2-3-16/h5-8H,2-4H2,1H3,(H2,18,19,20). The molecule has 0 atom stereocenters. The number of halogens is 2. The summed E-state index contributed by atoms with van der Waals surface area (Å²) in [5, 5.41) is 2.47. The van der Waals surface area contributed by atoms with Gasteiger partial charge in [0.15, 0.2) is 22.1 Å². The molecule has 1 aromatic carbocycles. The molecule has 2 aromatic heterocycles. The predicted octanol–water partition coefficient (Wildman–Crippen LogP) is 4.31. The number of rotatable bonds is 5. The number of alkyl halides is 1. The molecule has 23 heavy (non-hydrogen) atoms. The lowest BCUT2D eigenvalue weighted by atomic mass is 10.2. The van der Waals surface area contributed by atoms with Crippen LogP contribution in [-0.2, 0) is 6.54 Å². The third-order valence-corrected chi connectivity index (χ3v) is 5.01. The summed E-state index contributed by atoms with van der Waals surface area (Å²) in [5.74, 6) is 0.400. The lowest BCUT2D eigenvalue weighted by Gasteiger charge is -2.08. The maximum absolute atomic E-state index is 6.15. The molecule has 0 saturated carbocycles. The van der Waals surface area contributed by atoms with Crippen molar-refractivity contribution in [3.63, 3.8) is 0 Å². The number of hydrogen-bond acceptors (Lipinski definition) is 5. The summed E-state index contributed by atoms with van der Waals surface area (Å²) in [7, 11) is 0. The summed E-state index contributed by atoms with van der Waals surface area (Å²) in [6.07, 6.45) is 2.44. The Balaban J connectivity index is 2.06. The fourth-order valence-corrected chi connectivity index (χ4v) is 3.97. The molecule has 0 aliphatic rings. The Morgan fingerprint density at radius 2 is 2.13 bits per heavy atom. The van der Waals surface area contributed by atoms with Crippen LogP contribution in [0.25, 0.3) is 11.2 Å². The van der Waals surface area contributed by atoms with Crippen molar-refractivity contribution in [3.05, 3.63) is 35.1 Å². The molecule has 5 nitrogen and oxygen atoms in total. The molecule has 0 radical (unpaired) electrons. The number of nitrogens with two attached hydrogens (primary N) is 1. The zero-order chi connectivity index (χ0) is 16.4. The van der Waals surface area contributed by atoms with Crippen LogP contribution < -0.4 is 5.73 Å². The number of fused-ring (bicyclic) bond motifs is 1. The van der Waals surface area contributed by atoms with Gasteiger partial charge in [0.2, 0.25) is 0 Å². The van der Waals surface area contributed by atoms with E-state index in [4.69, 9.17) is 17.3 Å². The largest absolute Gasteiger partial charge is 0.382 e. The Morgan fingerprint density at radius 3 is 2.87 bits per heavy atom. The molecular weight excluding hydrogens is 398 g/mol. The Labute approximate surface area is 151 Å². The first-order valence-corrected chi connectivity index (χ1v) is 9.38. The van der Waals surface area contributed by atoms with Gasteiger partial charge in [-0.25, -0.2) is 15.0 Å². The van der Waals surface area contributed by atoms with Crippen LogP contribution in [-0.4, -0.2) is 24.8 Å². The average molecular weight is 413 g/mol. The molecule has 0 amide bonds. The number of imidazole rings is 1. The molecule has 0 aliphatic carbocycles. The van der Waals surface area contributed by atoms with E-state index in [9.17, 15) is 0 Å². The smallest absolute Gasteiger partial charge is 0.175 e. The molecule has 3 rings (SSSR count). The lowest BCUT2D eigenvalue weighted by Crippen LogP contribution is -2.02. The lowest BCUT2D eigenvalue weighted by molar-refractivity contribution is 0.639. The van der Waals surface area contributed by atoms with Crippen molar-refractivity contribution in [2.45, 2.75) is 29.9 Å². The maximum Gasteiger partial charge on any atom is 0.175 e. The number of aryl methyl sites for hydroxylation is 2. The first-order valence-electron chi connectivity index (χ1n) is 7.06. The number of benzene rings is 1. The summed E-state index contributed by atoms with van der Waals surface area (Å²) >= 11 is 11.2. The topological polar surface area (TPSA) is 69.6 Å². The van der Waals surface area contributed by atoms with E-state index in [2.05, 4.69) is 41.5 Å². The Hall–Kier alpha value is -1.31. The molecule has 0 aliphatic heterocycles. The molecule has 0 spiro atoms. The van der Waals surface area contributed by atoms with Crippen LogP contribution in [0, 0.1) is 6.92 Å². The van der Waals surface area contributed by atoms with Crippen molar-refractivity contribution in [2.75, 3.05) is 11.1 Å². The second-order valence-electron chi connectivity index (χ2n) is 5.09. The van der Waals surface area contributed by atoms with Crippen LogP contribution in [0.5, 0.6) is 0 Å². The van der Waals surface area contributed by atoms with E-state index in [0.717, 1.165) is 44.6 Å². The quantitative estimate of drug-likeness (QED) is 0.632. The zero-order valence-electron chi connectivity index (χ0n) is 12.5. The molecule has 8 heteroatoms. The molecule has 0 saturated heterocycles. The van der Waals surface area contributed by atoms with Crippen LogP contribution in [0.2, 0.25) is 5.02 Å². The molecule has 0 bridgehead atoms. The van der Waals surface area contributed by atoms with Crippen LogP contribution in [0.15, 0.2) is 34.6 Å². The van der Waals surface area contributed by atoms with Gasteiger partial charge in [-0.05, 0) is 37.1 Å². The van der Waals surface area contributed by atoms with E-state index >= 15 is 0 Å². The van der Waals surface area contributed by atoms with Gasteiger partial charge in [0, 0.05) is 21.8 Å². The van der Waals surface area contributed by atoms with Crippen LogP contribution >= 0.6 is 39.3 Å². The monoisotopic (exact) mass is 411 g/mol. The van der Waals surface area contributed by atoms with Crippen LogP contribution in [0.1, 0.15) is 12.0 Å². The van der Waals surface area contributed by atoms with E-state index in [0.29, 0.717) is 11.3 Å². The average Bonchev–Trinajstić information content (AvgIpc) is 2.83. The van der Waals surface area contributed by atoms with Crippen molar-refractivity contribution >= 4 is 56.3 Å². The summed E-state index contributed by atoms with van der Waals surface area (Å²) in [4.78, 5) is 14.1. The number of hydrogen-bond donors (Lipinski definition) is 1. The number of nitrogens with zero attached hydrogens (tertiary/aromatic N) is 4. The van der Waals surface area contributed by atoms with Gasteiger partial charge in [-0.3, -0.25) is 0 Å². The van der Waals surface area contributed by atoms with Crippen molar-refractivity contribution in [1.29, 1.82) is 0 Å². The Bertz CT molecular complexity index is 831. The van der Waals surface area contributed by atoms with Gasteiger partial charge in [0.05, 0.1) is 0 Å². The second-order valence-corrected chi connectivity index (χ2v) is 7.36. The molecule has 2 heterocycles. The normalized spacial score (nSPS) is 11.3. The highest BCUT2D eigenvalue weighted by atomic mass is 79.9. The van der Waals surface area contributed by atoms with E-state index in [1.165, 1.54) is 6.33 Å². The molecular formula is C15H15BrClN5S. The fraction of sp³-hybridized carbons (Fsp3) is 0.267. The third-order valence-electron chi connectivity index (χ3n) is 3.27. The first-order chi connectivity index (χ1) is 11.1. The predicted molar refractivity (Wildman–Crippen MR) is 98.5 cm³/mol. The first kappa shape index (κ1) is 16.5. The Morgan fingerprint density at radius 1 is 1.30 bits per heavy atom. The minimum atomic E-state index is 0.400. The maximum atomic E-state index is 6.15. The number of nitrogen functional groups attached to an aromatic ring is 1. The van der Waals surface area contributed by atoms with Gasteiger partial charge >= 0.3 is 0 Å². The summed E-state index contributed by atoms with van der Waals surface area (Å²) in [6, 6.07) is 5.95. The molecule has 3 aromatic rings. The molecule has 0 unspecified atom stereocenters. The number of anilines is 1. The molecule has 120 valence electrons. The van der Waals surface area contributed by atoms with Gasteiger partial charge in [-0.2, -0.15) is 0 Å². The van der Waals surface area contributed by atoms with Crippen LogP contribution in [0.3, 0.4) is 0 Å². The highest BCUT2D eigenvalue weighted by Crippen LogP contribution is 2.32. The van der Waals surface area contributed by atoms with Gasteiger partial charge < -0.3 is 10.3 Å². The number of aromatic nitrogens is 4. The molecule has 2 N–H and O–H groups in total. The minimum Gasteiger partial charge on any atom is -0.382 e. The van der Waals surface area contributed by atoms with Gasteiger partial charge in [0.1, 0.15) is 6.33 Å². The summed E-state index contributed by atoms with van der Waals surface area (Å²) in [6.45, 7) is 2.83. The summed E-state index contributed by atoms with van der Waals surface area (Å²) in [5.41, 5.74) is 8.46. The van der Waals surface area contributed by atoms with E-state index in [1.54, 1.807) is 11.8 Å². The van der Waals surface area contributed by atoms with Crippen LogP contribution in [0.4, 0.5) is 5.82 Å². The van der Waals surface area contributed by atoms with E-state index in [1.807, 2.05) is 19.1 Å². The third kappa shape index (κ3) is 3.62. The second kappa shape index (κ2) is 7.07. The zero-order valence-corrected chi connectivity index (χ0v) is 15.6. The fourth-order valence-electron chi connectivity index (χ4n) is 2.30. The Kier molecular flexibility index (Phi) is 5.08. The van der Waals surface area contributed by atoms with Gasteiger partial charge in [0.25, 0.3) is 0 Å². The van der Waals surface area contributed by atoms with Crippen molar-refractivity contribution in [1.82, 2.24) is 19.5 Å². The van der Waals surface area contributed by atoms with Gasteiger partial charge in [-0.1, -0.05) is 39.3 Å².